The smallest absolute Gasteiger partial charge is 0.337 e. The van der Waals surface area contributed by atoms with Crippen LogP contribution in [0.1, 0.15) is 29.6 Å². The van der Waals surface area contributed by atoms with Crippen LogP contribution in [0, 0.1) is 11.8 Å². The minimum atomic E-state index is -0.415. The molecular weight excluding hydrogens is 256 g/mol. The summed E-state index contributed by atoms with van der Waals surface area (Å²) in [7, 11) is 1.33. The molecule has 2 rings (SSSR count). The number of ether oxygens (including phenoxy) is 1. The maximum absolute atomic E-state index is 12.3. The van der Waals surface area contributed by atoms with Gasteiger partial charge in [0.05, 0.1) is 12.7 Å². The number of rotatable bonds is 4. The van der Waals surface area contributed by atoms with E-state index in [-0.39, 0.29) is 17.7 Å². The normalized spacial score (nSPS) is 21.5. The molecule has 1 amide bonds. The Bertz CT molecular complexity index is 502. The third kappa shape index (κ3) is 3.17. The number of nitrogens with two attached hydrogens (primary N) is 1. The number of hydrogen-bond donors (Lipinski definition) is 2. The van der Waals surface area contributed by atoms with Crippen molar-refractivity contribution in [3.63, 3.8) is 0 Å². The molecule has 3 N–H and O–H groups in total. The number of hydrogen-bond acceptors (Lipinski definition) is 4. The molecule has 0 radical (unpaired) electrons. The quantitative estimate of drug-likeness (QED) is 0.821. The summed E-state index contributed by atoms with van der Waals surface area (Å²) in [6.45, 7) is 0.542. The molecule has 108 valence electrons. The Morgan fingerprint density at radius 1 is 1.40 bits per heavy atom. The molecular formula is C15H20N2O3. The van der Waals surface area contributed by atoms with Crippen molar-refractivity contribution in [2.45, 2.75) is 19.3 Å². The second-order valence-electron chi connectivity index (χ2n) is 5.09. The van der Waals surface area contributed by atoms with E-state index in [9.17, 15) is 9.59 Å². The molecule has 1 aliphatic carbocycles. The van der Waals surface area contributed by atoms with Gasteiger partial charge in [-0.15, -0.1) is 0 Å². The van der Waals surface area contributed by atoms with Gasteiger partial charge in [0.25, 0.3) is 0 Å². The van der Waals surface area contributed by atoms with E-state index in [4.69, 9.17) is 5.73 Å². The van der Waals surface area contributed by atoms with Crippen molar-refractivity contribution < 1.29 is 14.3 Å². The third-order valence-corrected chi connectivity index (χ3v) is 3.85. The van der Waals surface area contributed by atoms with Crippen molar-refractivity contribution >= 4 is 17.6 Å². The Balaban J connectivity index is 2.06. The molecule has 1 aromatic carbocycles. The Kier molecular flexibility index (Phi) is 4.74. The largest absolute Gasteiger partial charge is 0.465 e. The highest BCUT2D eigenvalue weighted by atomic mass is 16.5. The van der Waals surface area contributed by atoms with Crippen molar-refractivity contribution in [2.75, 3.05) is 19.0 Å². The molecule has 5 heteroatoms. The highest BCUT2D eigenvalue weighted by molar-refractivity contribution is 5.95. The van der Waals surface area contributed by atoms with Gasteiger partial charge < -0.3 is 15.8 Å². The van der Waals surface area contributed by atoms with E-state index in [0.29, 0.717) is 17.8 Å². The van der Waals surface area contributed by atoms with Gasteiger partial charge in [-0.3, -0.25) is 4.79 Å². The minimum Gasteiger partial charge on any atom is -0.465 e. The van der Waals surface area contributed by atoms with Crippen LogP contribution < -0.4 is 11.1 Å². The highest BCUT2D eigenvalue weighted by Crippen LogP contribution is 2.31. The van der Waals surface area contributed by atoms with E-state index >= 15 is 0 Å². The van der Waals surface area contributed by atoms with E-state index < -0.39 is 5.97 Å². The maximum Gasteiger partial charge on any atom is 0.337 e. The highest BCUT2D eigenvalue weighted by Gasteiger charge is 2.31. The van der Waals surface area contributed by atoms with E-state index in [1.54, 1.807) is 24.3 Å². The lowest BCUT2D eigenvalue weighted by Crippen LogP contribution is -2.29. The third-order valence-electron chi connectivity index (χ3n) is 3.85. The second-order valence-corrected chi connectivity index (χ2v) is 5.09. The van der Waals surface area contributed by atoms with Crippen LogP contribution in [0.3, 0.4) is 0 Å². The van der Waals surface area contributed by atoms with E-state index in [2.05, 4.69) is 10.1 Å². The fourth-order valence-electron chi connectivity index (χ4n) is 2.74. The number of esters is 1. The predicted octanol–water partition coefficient (Wildman–Crippen LogP) is 1.79. The van der Waals surface area contributed by atoms with E-state index in [0.717, 1.165) is 19.3 Å². The molecule has 0 saturated heterocycles. The molecule has 2 unspecified atom stereocenters. The van der Waals surface area contributed by atoms with Gasteiger partial charge in [-0.1, -0.05) is 12.5 Å². The van der Waals surface area contributed by atoms with E-state index in [1.165, 1.54) is 7.11 Å². The van der Waals surface area contributed by atoms with Crippen molar-refractivity contribution in [2.24, 2.45) is 17.6 Å². The molecule has 1 aliphatic rings. The lowest BCUT2D eigenvalue weighted by Gasteiger charge is -2.17. The molecule has 0 aromatic heterocycles. The maximum atomic E-state index is 12.3. The van der Waals surface area contributed by atoms with Crippen LogP contribution in [0.25, 0.3) is 0 Å². The van der Waals surface area contributed by atoms with Crippen molar-refractivity contribution in [3.05, 3.63) is 29.8 Å². The Morgan fingerprint density at radius 2 is 2.20 bits per heavy atom. The van der Waals surface area contributed by atoms with Crippen LogP contribution in [-0.2, 0) is 9.53 Å². The van der Waals surface area contributed by atoms with Gasteiger partial charge in [-0.25, -0.2) is 4.79 Å². The first kappa shape index (κ1) is 14.5. The Hall–Kier alpha value is -1.88. The first-order chi connectivity index (χ1) is 9.65. The fourth-order valence-corrected chi connectivity index (χ4v) is 2.74. The summed E-state index contributed by atoms with van der Waals surface area (Å²) in [6, 6.07) is 6.75. The average Bonchev–Trinajstić information content (AvgIpc) is 2.95. The van der Waals surface area contributed by atoms with Crippen LogP contribution in [-0.4, -0.2) is 25.5 Å². The zero-order valence-electron chi connectivity index (χ0n) is 11.6. The summed E-state index contributed by atoms with van der Waals surface area (Å²) < 4.78 is 4.66. The van der Waals surface area contributed by atoms with Gasteiger partial charge in [-0.05, 0) is 43.5 Å². The second kappa shape index (κ2) is 6.52. The van der Waals surface area contributed by atoms with Gasteiger partial charge in [0.15, 0.2) is 0 Å². The topological polar surface area (TPSA) is 81.4 Å². The number of benzene rings is 1. The monoisotopic (exact) mass is 276 g/mol. The number of methoxy groups -OCH3 is 1. The molecule has 5 nitrogen and oxygen atoms in total. The lowest BCUT2D eigenvalue weighted by molar-refractivity contribution is -0.120. The lowest BCUT2D eigenvalue weighted by atomic mass is 9.95. The molecule has 0 heterocycles. The number of carbonyl (C=O) groups excluding carboxylic acids is 2. The number of anilines is 1. The summed E-state index contributed by atoms with van der Waals surface area (Å²) >= 11 is 0. The van der Waals surface area contributed by atoms with Crippen molar-refractivity contribution in [1.29, 1.82) is 0 Å². The van der Waals surface area contributed by atoms with Gasteiger partial charge in [0.2, 0.25) is 5.91 Å². The molecule has 1 fully saturated rings. The zero-order valence-corrected chi connectivity index (χ0v) is 11.6. The zero-order chi connectivity index (χ0) is 14.5. The first-order valence-corrected chi connectivity index (χ1v) is 6.85. The molecule has 1 saturated carbocycles. The van der Waals surface area contributed by atoms with Gasteiger partial charge >= 0.3 is 5.97 Å². The molecule has 0 spiro atoms. The summed E-state index contributed by atoms with van der Waals surface area (Å²) in [6.07, 6.45) is 2.93. The van der Waals surface area contributed by atoms with Gasteiger partial charge in [-0.2, -0.15) is 0 Å². The Morgan fingerprint density at radius 3 is 2.90 bits per heavy atom. The van der Waals surface area contributed by atoms with Gasteiger partial charge in [0.1, 0.15) is 0 Å². The molecule has 20 heavy (non-hydrogen) atoms. The van der Waals surface area contributed by atoms with Crippen LogP contribution in [0.4, 0.5) is 5.69 Å². The number of amides is 1. The SMILES string of the molecule is COC(=O)c1cccc(NC(=O)C2CCCC2CN)c1. The molecule has 1 aromatic rings. The number of nitrogens with one attached hydrogen (secondary N) is 1. The molecule has 2 atom stereocenters. The average molecular weight is 276 g/mol. The first-order valence-electron chi connectivity index (χ1n) is 6.85. The minimum absolute atomic E-state index is 0.0139. The van der Waals surface area contributed by atoms with Gasteiger partial charge in [0, 0.05) is 11.6 Å². The summed E-state index contributed by atoms with van der Waals surface area (Å²) in [4.78, 5) is 23.7. The summed E-state index contributed by atoms with van der Waals surface area (Å²) in [5.74, 6) is -0.192. The van der Waals surface area contributed by atoms with Crippen molar-refractivity contribution in [1.82, 2.24) is 0 Å². The molecule has 0 bridgehead atoms. The fraction of sp³-hybridized carbons (Fsp3) is 0.467. The van der Waals surface area contributed by atoms with Crippen LogP contribution in [0.15, 0.2) is 24.3 Å². The van der Waals surface area contributed by atoms with E-state index in [1.807, 2.05) is 0 Å². The standard InChI is InChI=1S/C15H20N2O3/c1-20-15(19)10-4-2-6-12(8-10)17-14(18)13-7-3-5-11(13)9-16/h2,4,6,8,11,13H,3,5,7,9,16H2,1H3,(H,17,18). The Labute approximate surface area is 118 Å². The van der Waals surface area contributed by atoms with Crippen LogP contribution in [0.2, 0.25) is 0 Å². The summed E-state index contributed by atoms with van der Waals surface area (Å²) in [5, 5.41) is 2.87. The van der Waals surface area contributed by atoms with Crippen LogP contribution >= 0.6 is 0 Å². The number of carbonyl (C=O) groups is 2. The van der Waals surface area contributed by atoms with Crippen molar-refractivity contribution in [3.8, 4) is 0 Å². The van der Waals surface area contributed by atoms with Crippen LogP contribution in [0.5, 0.6) is 0 Å². The summed E-state index contributed by atoms with van der Waals surface area (Å²) in [5.41, 5.74) is 6.73. The molecule has 0 aliphatic heterocycles. The predicted molar refractivity (Wildman–Crippen MR) is 76.3 cm³/mol.